The lowest BCUT2D eigenvalue weighted by Crippen LogP contribution is -2.39. The Bertz CT molecular complexity index is 744. The maximum Gasteiger partial charge on any atom is 0.536 e. The molecule has 0 radical (unpaired) electrons. The molecule has 0 fully saturated rings. The summed E-state index contributed by atoms with van der Waals surface area (Å²) in [5.41, 5.74) is -0.531. The lowest BCUT2D eigenvalue weighted by molar-refractivity contribution is -0.146. The van der Waals surface area contributed by atoms with Crippen molar-refractivity contribution in [1.29, 1.82) is 0 Å². The molecule has 0 saturated carbocycles. The van der Waals surface area contributed by atoms with Gasteiger partial charge in [-0.1, -0.05) is 12.1 Å². The van der Waals surface area contributed by atoms with E-state index in [9.17, 15) is 38.7 Å². The summed E-state index contributed by atoms with van der Waals surface area (Å²) in [5, 5.41) is 18.9. The second-order valence-corrected chi connectivity index (χ2v) is 7.16. The molecule has 1 aromatic rings. The van der Waals surface area contributed by atoms with Crippen molar-refractivity contribution >= 4 is 27.2 Å². The molecule has 0 amide bonds. The van der Waals surface area contributed by atoms with Crippen molar-refractivity contribution in [2.45, 2.75) is 12.4 Å². The number of ketones is 2. The Morgan fingerprint density at radius 1 is 1.00 bits per heavy atom. The van der Waals surface area contributed by atoms with E-state index in [4.69, 9.17) is 0 Å². The number of fused-ring (bicyclic) bond motifs is 1. The van der Waals surface area contributed by atoms with E-state index in [0.717, 1.165) is 12.1 Å². The Morgan fingerprint density at radius 2 is 1.61 bits per heavy atom. The van der Waals surface area contributed by atoms with E-state index in [0.29, 0.717) is 0 Å². The van der Waals surface area contributed by atoms with Gasteiger partial charge in [-0.05, 0) is 12.1 Å². The van der Waals surface area contributed by atoms with Gasteiger partial charge in [0, 0.05) is 0 Å². The van der Waals surface area contributed by atoms with Crippen LogP contribution in [0.2, 0.25) is 0 Å². The van der Waals surface area contributed by atoms with E-state index >= 15 is 0 Å². The smallest absolute Gasteiger partial charge is 0.403 e. The first-order valence-corrected chi connectivity index (χ1v) is 8.80. The molecule has 2 rings (SSSR count). The standard InChI is InChI=1S/C10H10O11P2/c11-7-5-3-1-2-4-6(5)19-22(15,16)21-23(17,18)20-10(14)9(13)8(7)12/h1-4,9-10,13-14H,(H,15,16)(H,17,18). The average Bonchev–Trinajstić information content (AvgIpc) is 2.42. The van der Waals surface area contributed by atoms with Gasteiger partial charge in [0.15, 0.2) is 12.4 Å². The van der Waals surface area contributed by atoms with Crippen molar-refractivity contribution in [3.05, 3.63) is 29.8 Å². The molecule has 1 heterocycles. The molecule has 4 unspecified atom stereocenters. The molecule has 23 heavy (non-hydrogen) atoms. The monoisotopic (exact) mass is 368 g/mol. The molecule has 0 bridgehead atoms. The summed E-state index contributed by atoms with van der Waals surface area (Å²) in [4.78, 5) is 42.5. The highest BCUT2D eigenvalue weighted by Crippen LogP contribution is 2.61. The number of hydrogen-bond donors (Lipinski definition) is 4. The number of Topliss-reactive ketones (excluding diaryl/α,β-unsaturated/α-hetero) is 2. The number of carbonyl (C=O) groups is 2. The largest absolute Gasteiger partial charge is 0.536 e. The van der Waals surface area contributed by atoms with Crippen LogP contribution in [-0.4, -0.2) is 44.0 Å². The summed E-state index contributed by atoms with van der Waals surface area (Å²) in [5.74, 6) is -3.59. The Kier molecular flexibility index (Phi) is 4.86. The Balaban J connectivity index is 2.58. The van der Waals surface area contributed by atoms with Gasteiger partial charge in [-0.15, -0.1) is 0 Å². The topological polar surface area (TPSA) is 177 Å². The number of benzene rings is 1. The molecular formula is C10H10O11P2. The van der Waals surface area contributed by atoms with E-state index in [2.05, 4.69) is 13.4 Å². The van der Waals surface area contributed by atoms with E-state index < -0.39 is 50.9 Å². The number of phosphoric ester groups is 2. The first-order valence-electron chi connectivity index (χ1n) is 5.81. The predicted octanol–water partition coefficient (Wildman–Crippen LogP) is -0.256. The fourth-order valence-corrected chi connectivity index (χ4v) is 3.74. The third-order valence-electron chi connectivity index (χ3n) is 2.56. The normalized spacial score (nSPS) is 35.8. The molecular weight excluding hydrogens is 358 g/mol. The number of rotatable bonds is 0. The third-order valence-corrected chi connectivity index (χ3v) is 5.12. The van der Waals surface area contributed by atoms with Gasteiger partial charge < -0.3 is 19.6 Å². The molecule has 0 spiro atoms. The van der Waals surface area contributed by atoms with E-state index in [1.165, 1.54) is 12.1 Å². The lowest BCUT2D eigenvalue weighted by atomic mass is 10.0. The molecule has 0 aliphatic carbocycles. The molecule has 4 N–H and O–H groups in total. The van der Waals surface area contributed by atoms with Crippen LogP contribution in [0.15, 0.2) is 24.3 Å². The van der Waals surface area contributed by atoms with Crippen molar-refractivity contribution in [3.63, 3.8) is 0 Å². The fraction of sp³-hybridized carbons (Fsp3) is 0.200. The fourth-order valence-electron chi connectivity index (χ4n) is 1.62. The first-order chi connectivity index (χ1) is 10.5. The SMILES string of the molecule is O=C1C(=O)C(O)C(O)OP(=O)(O)OP(=O)(O)Oc2ccccc21. The number of carbonyl (C=O) groups excluding carboxylic acids is 2. The summed E-state index contributed by atoms with van der Waals surface area (Å²) in [7, 11) is -10.7. The van der Waals surface area contributed by atoms with Crippen LogP contribution in [0.25, 0.3) is 0 Å². The highest BCUT2D eigenvalue weighted by atomic mass is 31.3. The minimum absolute atomic E-state index is 0.531. The molecule has 1 aliphatic rings. The summed E-state index contributed by atoms with van der Waals surface area (Å²) in [6, 6.07) is 4.60. The van der Waals surface area contributed by atoms with Gasteiger partial charge in [0.2, 0.25) is 11.6 Å². The van der Waals surface area contributed by atoms with Crippen molar-refractivity contribution in [1.82, 2.24) is 0 Å². The van der Waals surface area contributed by atoms with Crippen molar-refractivity contribution in [2.24, 2.45) is 0 Å². The van der Waals surface area contributed by atoms with Crippen LogP contribution in [0.4, 0.5) is 0 Å². The second kappa shape index (κ2) is 6.23. The van der Waals surface area contributed by atoms with Crippen LogP contribution >= 0.6 is 15.6 Å². The zero-order valence-corrected chi connectivity index (χ0v) is 12.8. The van der Waals surface area contributed by atoms with E-state index in [1.807, 2.05) is 0 Å². The van der Waals surface area contributed by atoms with Gasteiger partial charge in [-0.3, -0.25) is 19.0 Å². The Morgan fingerprint density at radius 3 is 2.26 bits per heavy atom. The quantitative estimate of drug-likeness (QED) is 0.350. The zero-order chi connectivity index (χ0) is 17.4. The third kappa shape index (κ3) is 4.11. The maximum atomic E-state index is 12.0. The Hall–Kier alpha value is -1.42. The molecule has 11 nitrogen and oxygen atoms in total. The summed E-state index contributed by atoms with van der Waals surface area (Å²) >= 11 is 0. The van der Waals surface area contributed by atoms with Gasteiger partial charge in [0.25, 0.3) is 0 Å². The number of hydrogen-bond acceptors (Lipinski definition) is 9. The average molecular weight is 368 g/mol. The highest BCUT2D eigenvalue weighted by molar-refractivity contribution is 7.61. The van der Waals surface area contributed by atoms with Crippen LogP contribution in [0.5, 0.6) is 5.75 Å². The van der Waals surface area contributed by atoms with Crippen LogP contribution < -0.4 is 4.52 Å². The van der Waals surface area contributed by atoms with E-state index in [-0.39, 0.29) is 0 Å². The molecule has 0 saturated heterocycles. The zero-order valence-electron chi connectivity index (χ0n) is 11.0. The molecule has 13 heteroatoms. The van der Waals surface area contributed by atoms with Gasteiger partial charge >= 0.3 is 15.6 Å². The number of aliphatic hydroxyl groups excluding tert-OH is 2. The van der Waals surface area contributed by atoms with Crippen LogP contribution in [0, 0.1) is 0 Å². The highest BCUT2D eigenvalue weighted by Gasteiger charge is 2.43. The predicted molar refractivity (Wildman–Crippen MR) is 70.2 cm³/mol. The first kappa shape index (κ1) is 17.9. The van der Waals surface area contributed by atoms with Crippen LogP contribution in [0.3, 0.4) is 0 Å². The maximum absolute atomic E-state index is 12.0. The van der Waals surface area contributed by atoms with Gasteiger partial charge in [-0.2, -0.15) is 4.31 Å². The molecule has 126 valence electrons. The summed E-state index contributed by atoms with van der Waals surface area (Å²) in [6.07, 6.45) is -5.19. The van der Waals surface area contributed by atoms with Crippen LogP contribution in [-0.2, 0) is 22.8 Å². The number of phosphoric acid groups is 2. The minimum atomic E-state index is -5.41. The van der Waals surface area contributed by atoms with Crippen molar-refractivity contribution in [3.8, 4) is 5.75 Å². The van der Waals surface area contributed by atoms with Crippen molar-refractivity contribution in [2.75, 3.05) is 0 Å². The number of aliphatic hydroxyl groups is 2. The summed E-state index contributed by atoms with van der Waals surface area (Å²) < 4.78 is 35.5. The molecule has 1 aliphatic heterocycles. The van der Waals surface area contributed by atoms with Gasteiger partial charge in [-0.25, -0.2) is 9.13 Å². The van der Waals surface area contributed by atoms with E-state index in [1.54, 1.807) is 0 Å². The lowest BCUT2D eigenvalue weighted by Gasteiger charge is -2.19. The van der Waals surface area contributed by atoms with Gasteiger partial charge in [0.05, 0.1) is 5.56 Å². The minimum Gasteiger partial charge on any atom is -0.403 e. The number of para-hydroxylation sites is 1. The molecule has 0 aromatic heterocycles. The molecule has 4 atom stereocenters. The second-order valence-electron chi connectivity index (χ2n) is 4.24. The Labute approximate surface area is 128 Å². The van der Waals surface area contributed by atoms with Gasteiger partial charge in [0.1, 0.15) is 5.75 Å². The van der Waals surface area contributed by atoms with Crippen LogP contribution in [0.1, 0.15) is 10.4 Å². The molecule has 1 aromatic carbocycles. The van der Waals surface area contributed by atoms with Crippen molar-refractivity contribution < 1.29 is 52.1 Å². The summed E-state index contributed by atoms with van der Waals surface area (Å²) in [6.45, 7) is 0.